The Bertz CT molecular complexity index is 892. The second kappa shape index (κ2) is 5.51. The fraction of sp³-hybridized carbons (Fsp3) is 0.0714. The number of rotatable bonds is 3. The van der Waals surface area contributed by atoms with Crippen molar-refractivity contribution in [2.75, 3.05) is 0 Å². The minimum absolute atomic E-state index is 0.111. The van der Waals surface area contributed by atoms with E-state index in [1.165, 1.54) is 30.3 Å². The molecule has 0 fully saturated rings. The highest BCUT2D eigenvalue weighted by molar-refractivity contribution is 7.20. The standard InChI is InChI=1S/C14H7F3N2O3S/c15-14(16,17)8-4-5-12-11(6-8)18-13(23-12)22-10-3-1-2-9(7-10)19(20)21/h1-7H. The van der Waals surface area contributed by atoms with Crippen LogP contribution in [0.5, 0.6) is 10.9 Å². The highest BCUT2D eigenvalue weighted by atomic mass is 32.1. The first-order valence-corrected chi connectivity index (χ1v) is 7.05. The lowest BCUT2D eigenvalue weighted by Gasteiger charge is -2.04. The molecule has 0 aliphatic heterocycles. The first kappa shape index (κ1) is 15.2. The molecule has 23 heavy (non-hydrogen) atoms. The van der Waals surface area contributed by atoms with Crippen LogP contribution in [0.3, 0.4) is 0 Å². The van der Waals surface area contributed by atoms with Crippen LogP contribution in [0.4, 0.5) is 18.9 Å². The second-order valence-corrected chi connectivity index (χ2v) is 5.51. The normalized spacial score (nSPS) is 11.6. The Hall–Kier alpha value is -2.68. The molecule has 0 N–H and O–H groups in total. The maximum absolute atomic E-state index is 12.7. The van der Waals surface area contributed by atoms with Gasteiger partial charge in [0.2, 0.25) is 0 Å². The number of ether oxygens (including phenoxy) is 1. The number of thiazole rings is 1. The van der Waals surface area contributed by atoms with Gasteiger partial charge in [0.05, 0.1) is 26.8 Å². The van der Waals surface area contributed by atoms with Gasteiger partial charge in [-0.25, -0.2) is 4.98 Å². The van der Waals surface area contributed by atoms with Gasteiger partial charge in [-0.1, -0.05) is 17.4 Å². The summed E-state index contributed by atoms with van der Waals surface area (Å²) in [5, 5.41) is 10.8. The number of nitrogens with zero attached hydrogens (tertiary/aromatic N) is 2. The summed E-state index contributed by atoms with van der Waals surface area (Å²) in [4.78, 5) is 14.1. The Morgan fingerprint density at radius 3 is 2.65 bits per heavy atom. The SMILES string of the molecule is O=[N+]([O-])c1cccc(Oc2nc3cc(C(F)(F)F)ccc3s2)c1. The zero-order chi connectivity index (χ0) is 16.6. The Morgan fingerprint density at radius 1 is 1.17 bits per heavy atom. The van der Waals surface area contributed by atoms with Crippen molar-refractivity contribution >= 4 is 27.2 Å². The van der Waals surface area contributed by atoms with Crippen molar-refractivity contribution < 1.29 is 22.8 Å². The molecule has 0 atom stereocenters. The van der Waals surface area contributed by atoms with E-state index in [1.807, 2.05) is 0 Å². The number of hydrogen-bond donors (Lipinski definition) is 0. The molecule has 9 heteroatoms. The van der Waals surface area contributed by atoms with Crippen LogP contribution in [0.2, 0.25) is 0 Å². The van der Waals surface area contributed by atoms with E-state index in [0.717, 1.165) is 23.5 Å². The summed E-state index contributed by atoms with van der Waals surface area (Å²) in [6, 6.07) is 8.69. The van der Waals surface area contributed by atoms with E-state index >= 15 is 0 Å². The summed E-state index contributed by atoms with van der Waals surface area (Å²) >= 11 is 1.06. The van der Waals surface area contributed by atoms with Crippen LogP contribution in [-0.4, -0.2) is 9.91 Å². The highest BCUT2D eigenvalue weighted by Crippen LogP contribution is 2.36. The van der Waals surface area contributed by atoms with Crippen LogP contribution in [0.25, 0.3) is 10.2 Å². The molecule has 3 rings (SSSR count). The molecule has 1 heterocycles. The molecular formula is C14H7F3N2O3S. The molecule has 0 spiro atoms. The Labute approximate surface area is 131 Å². The van der Waals surface area contributed by atoms with Crippen molar-refractivity contribution in [2.45, 2.75) is 6.18 Å². The summed E-state index contributed by atoms with van der Waals surface area (Å²) in [5.41, 5.74) is -0.787. The first-order chi connectivity index (χ1) is 10.8. The molecular weight excluding hydrogens is 333 g/mol. The van der Waals surface area contributed by atoms with Crippen molar-refractivity contribution in [1.29, 1.82) is 0 Å². The van der Waals surface area contributed by atoms with E-state index in [2.05, 4.69) is 4.98 Å². The van der Waals surface area contributed by atoms with E-state index in [9.17, 15) is 23.3 Å². The number of nitro groups is 1. The van der Waals surface area contributed by atoms with Gasteiger partial charge in [0, 0.05) is 6.07 Å². The third-order valence-electron chi connectivity index (χ3n) is 2.93. The Kier molecular flexibility index (Phi) is 3.64. The van der Waals surface area contributed by atoms with Crippen LogP contribution < -0.4 is 4.74 Å². The molecule has 0 unspecified atom stereocenters. The van der Waals surface area contributed by atoms with E-state index in [0.29, 0.717) is 4.70 Å². The zero-order valence-corrected chi connectivity index (χ0v) is 12.0. The largest absolute Gasteiger partial charge is 0.431 e. The third-order valence-corrected chi connectivity index (χ3v) is 3.84. The Morgan fingerprint density at radius 2 is 1.96 bits per heavy atom. The van der Waals surface area contributed by atoms with Crippen LogP contribution in [0, 0.1) is 10.1 Å². The van der Waals surface area contributed by atoms with Crippen molar-refractivity contribution in [2.24, 2.45) is 0 Å². The lowest BCUT2D eigenvalue weighted by atomic mass is 10.2. The average Bonchev–Trinajstić information content (AvgIpc) is 2.87. The monoisotopic (exact) mass is 340 g/mol. The van der Waals surface area contributed by atoms with Gasteiger partial charge in [-0.05, 0) is 24.3 Å². The molecule has 0 aliphatic carbocycles. The van der Waals surface area contributed by atoms with E-state index in [4.69, 9.17) is 4.74 Å². The predicted molar refractivity (Wildman–Crippen MR) is 77.8 cm³/mol. The van der Waals surface area contributed by atoms with Gasteiger partial charge in [-0.3, -0.25) is 10.1 Å². The summed E-state index contributed by atoms with van der Waals surface area (Å²) in [6.07, 6.45) is -4.45. The molecule has 0 saturated heterocycles. The third kappa shape index (κ3) is 3.24. The molecule has 3 aromatic rings. The fourth-order valence-electron chi connectivity index (χ4n) is 1.89. The summed E-state index contributed by atoms with van der Waals surface area (Å²) in [5.74, 6) is 0.189. The van der Waals surface area contributed by atoms with E-state index in [1.54, 1.807) is 0 Å². The maximum Gasteiger partial charge on any atom is 0.416 e. The summed E-state index contributed by atoms with van der Waals surface area (Å²) in [6.45, 7) is 0. The lowest BCUT2D eigenvalue weighted by molar-refractivity contribution is -0.384. The van der Waals surface area contributed by atoms with Crippen molar-refractivity contribution in [3.8, 4) is 10.9 Å². The first-order valence-electron chi connectivity index (χ1n) is 6.23. The van der Waals surface area contributed by atoms with Gasteiger partial charge in [-0.2, -0.15) is 13.2 Å². The molecule has 0 aliphatic rings. The highest BCUT2D eigenvalue weighted by Gasteiger charge is 2.30. The van der Waals surface area contributed by atoms with Gasteiger partial charge in [-0.15, -0.1) is 0 Å². The van der Waals surface area contributed by atoms with Gasteiger partial charge >= 0.3 is 6.18 Å². The number of alkyl halides is 3. The van der Waals surface area contributed by atoms with Crippen LogP contribution in [0.1, 0.15) is 5.56 Å². The number of fused-ring (bicyclic) bond motifs is 1. The van der Waals surface area contributed by atoms with Crippen LogP contribution in [0.15, 0.2) is 42.5 Å². The maximum atomic E-state index is 12.7. The molecule has 118 valence electrons. The second-order valence-electron chi connectivity index (χ2n) is 4.52. The molecule has 2 aromatic carbocycles. The molecule has 0 saturated carbocycles. The predicted octanol–water partition coefficient (Wildman–Crippen LogP) is 5.02. The molecule has 0 amide bonds. The minimum atomic E-state index is -4.45. The van der Waals surface area contributed by atoms with Crippen LogP contribution >= 0.6 is 11.3 Å². The topological polar surface area (TPSA) is 65.3 Å². The minimum Gasteiger partial charge on any atom is -0.431 e. The number of aromatic nitrogens is 1. The smallest absolute Gasteiger partial charge is 0.416 e. The fourth-order valence-corrected chi connectivity index (χ4v) is 2.70. The quantitative estimate of drug-likeness (QED) is 0.496. The molecule has 0 radical (unpaired) electrons. The zero-order valence-electron chi connectivity index (χ0n) is 11.2. The number of halogens is 3. The van der Waals surface area contributed by atoms with Crippen molar-refractivity contribution in [1.82, 2.24) is 4.98 Å². The van der Waals surface area contributed by atoms with E-state index in [-0.39, 0.29) is 22.1 Å². The number of non-ortho nitro benzene ring substituents is 1. The lowest BCUT2D eigenvalue weighted by Crippen LogP contribution is -2.03. The summed E-state index contributed by atoms with van der Waals surface area (Å²) in [7, 11) is 0. The van der Waals surface area contributed by atoms with Crippen molar-refractivity contribution in [3.05, 3.63) is 58.1 Å². The molecule has 1 aromatic heterocycles. The Balaban J connectivity index is 1.92. The number of nitro benzene ring substituents is 1. The molecule has 0 bridgehead atoms. The van der Waals surface area contributed by atoms with Crippen LogP contribution in [-0.2, 0) is 6.18 Å². The number of hydrogen-bond acceptors (Lipinski definition) is 5. The molecule has 5 nitrogen and oxygen atoms in total. The number of benzene rings is 2. The average molecular weight is 340 g/mol. The van der Waals surface area contributed by atoms with Gasteiger partial charge in [0.1, 0.15) is 5.75 Å². The van der Waals surface area contributed by atoms with E-state index < -0.39 is 16.7 Å². The van der Waals surface area contributed by atoms with Crippen molar-refractivity contribution in [3.63, 3.8) is 0 Å². The van der Waals surface area contributed by atoms with Gasteiger partial charge < -0.3 is 4.74 Å². The summed E-state index contributed by atoms with van der Waals surface area (Å²) < 4.78 is 43.9. The van der Waals surface area contributed by atoms with Gasteiger partial charge in [0.25, 0.3) is 10.9 Å². The van der Waals surface area contributed by atoms with Gasteiger partial charge in [0.15, 0.2) is 0 Å².